The Bertz CT molecular complexity index is 162. The zero-order valence-corrected chi connectivity index (χ0v) is 9.25. The van der Waals surface area contributed by atoms with E-state index in [1.165, 1.54) is 57.9 Å². The summed E-state index contributed by atoms with van der Waals surface area (Å²) in [5.41, 5.74) is 5.69. The summed E-state index contributed by atoms with van der Waals surface area (Å²) in [6.07, 6.45) is 11.3. The van der Waals surface area contributed by atoms with Gasteiger partial charge >= 0.3 is 0 Å². The van der Waals surface area contributed by atoms with Crippen LogP contribution in [0.1, 0.15) is 51.4 Å². The average molecular weight is 196 g/mol. The second-order valence-corrected chi connectivity index (χ2v) is 4.90. The minimum atomic E-state index is 0.817. The minimum Gasteiger partial charge on any atom is -0.330 e. The van der Waals surface area contributed by atoms with Gasteiger partial charge < -0.3 is 5.73 Å². The first kappa shape index (κ1) is 10.4. The van der Waals surface area contributed by atoms with Gasteiger partial charge in [0.25, 0.3) is 0 Å². The first-order valence-electron chi connectivity index (χ1n) is 6.37. The summed E-state index contributed by atoms with van der Waals surface area (Å²) in [7, 11) is 0. The van der Waals surface area contributed by atoms with Crippen molar-refractivity contribution in [3.8, 4) is 0 Å². The van der Waals surface area contributed by atoms with Crippen molar-refractivity contribution in [2.45, 2.75) is 63.5 Å². The maximum atomic E-state index is 5.69. The Morgan fingerprint density at radius 2 is 1.71 bits per heavy atom. The average Bonchev–Trinajstić information content (AvgIpc) is 2.72. The molecule has 1 unspecified atom stereocenters. The summed E-state index contributed by atoms with van der Waals surface area (Å²) in [6, 6.07) is 1.73. The van der Waals surface area contributed by atoms with E-state index in [1.54, 1.807) is 0 Å². The highest BCUT2D eigenvalue weighted by molar-refractivity contribution is 4.85. The molecule has 0 spiro atoms. The molecule has 0 amide bonds. The smallest absolute Gasteiger partial charge is 0.0110 e. The molecule has 1 atom stereocenters. The van der Waals surface area contributed by atoms with Gasteiger partial charge in [-0.25, -0.2) is 0 Å². The third-order valence-corrected chi connectivity index (χ3v) is 3.97. The molecule has 14 heavy (non-hydrogen) atoms. The lowest BCUT2D eigenvalue weighted by Crippen LogP contribution is -2.46. The lowest BCUT2D eigenvalue weighted by Gasteiger charge is -2.40. The SMILES string of the molecule is NCCC1CCCCN1C1CCCC1. The summed E-state index contributed by atoms with van der Waals surface area (Å²) in [5, 5.41) is 0. The predicted molar refractivity (Wildman–Crippen MR) is 60.3 cm³/mol. The molecule has 2 rings (SSSR count). The Balaban J connectivity index is 1.91. The molecule has 0 bridgehead atoms. The van der Waals surface area contributed by atoms with E-state index in [-0.39, 0.29) is 0 Å². The Kier molecular flexibility index (Phi) is 3.82. The van der Waals surface area contributed by atoms with E-state index in [0.29, 0.717) is 0 Å². The molecule has 2 N–H and O–H groups in total. The van der Waals surface area contributed by atoms with E-state index in [4.69, 9.17) is 5.73 Å². The van der Waals surface area contributed by atoms with Crippen molar-refractivity contribution >= 4 is 0 Å². The van der Waals surface area contributed by atoms with Crippen LogP contribution in [0.15, 0.2) is 0 Å². The normalized spacial score (nSPS) is 31.1. The lowest BCUT2D eigenvalue weighted by atomic mass is 9.96. The van der Waals surface area contributed by atoms with Crippen LogP contribution in [0.25, 0.3) is 0 Å². The third-order valence-electron chi connectivity index (χ3n) is 3.97. The molecule has 2 fully saturated rings. The highest BCUT2D eigenvalue weighted by Gasteiger charge is 2.29. The number of hydrogen-bond donors (Lipinski definition) is 1. The van der Waals surface area contributed by atoms with Gasteiger partial charge in [0.2, 0.25) is 0 Å². The Labute approximate surface area is 87.8 Å². The van der Waals surface area contributed by atoms with E-state index in [9.17, 15) is 0 Å². The Hall–Kier alpha value is -0.0800. The van der Waals surface area contributed by atoms with Crippen molar-refractivity contribution in [3.63, 3.8) is 0 Å². The highest BCUT2D eigenvalue weighted by Crippen LogP contribution is 2.30. The van der Waals surface area contributed by atoms with E-state index >= 15 is 0 Å². The topological polar surface area (TPSA) is 29.3 Å². The van der Waals surface area contributed by atoms with E-state index in [0.717, 1.165) is 18.6 Å². The van der Waals surface area contributed by atoms with Gasteiger partial charge in [-0.2, -0.15) is 0 Å². The number of hydrogen-bond acceptors (Lipinski definition) is 2. The molecule has 1 heterocycles. The van der Waals surface area contributed by atoms with Crippen LogP contribution in [0.3, 0.4) is 0 Å². The summed E-state index contributed by atoms with van der Waals surface area (Å²) in [4.78, 5) is 2.78. The third kappa shape index (κ3) is 2.29. The second-order valence-electron chi connectivity index (χ2n) is 4.90. The van der Waals surface area contributed by atoms with E-state index < -0.39 is 0 Å². The van der Waals surface area contributed by atoms with Crippen LogP contribution in [0.5, 0.6) is 0 Å². The van der Waals surface area contributed by atoms with Crippen molar-refractivity contribution in [2.75, 3.05) is 13.1 Å². The van der Waals surface area contributed by atoms with Crippen LogP contribution < -0.4 is 5.73 Å². The lowest BCUT2D eigenvalue weighted by molar-refractivity contribution is 0.0927. The quantitative estimate of drug-likeness (QED) is 0.749. The summed E-state index contributed by atoms with van der Waals surface area (Å²) < 4.78 is 0. The van der Waals surface area contributed by atoms with Crippen molar-refractivity contribution in [1.82, 2.24) is 4.90 Å². The molecule has 0 radical (unpaired) electrons. The van der Waals surface area contributed by atoms with Gasteiger partial charge in [-0.15, -0.1) is 0 Å². The zero-order valence-electron chi connectivity index (χ0n) is 9.25. The van der Waals surface area contributed by atoms with Gasteiger partial charge in [-0.1, -0.05) is 19.3 Å². The molecule has 0 aromatic rings. The van der Waals surface area contributed by atoms with Crippen LogP contribution in [0.2, 0.25) is 0 Å². The van der Waals surface area contributed by atoms with Gasteiger partial charge in [0, 0.05) is 12.1 Å². The monoisotopic (exact) mass is 196 g/mol. The maximum Gasteiger partial charge on any atom is 0.0110 e. The van der Waals surface area contributed by atoms with Crippen molar-refractivity contribution in [2.24, 2.45) is 5.73 Å². The number of nitrogens with zero attached hydrogens (tertiary/aromatic N) is 1. The number of nitrogens with two attached hydrogens (primary N) is 1. The minimum absolute atomic E-state index is 0.817. The fourth-order valence-corrected chi connectivity index (χ4v) is 3.24. The highest BCUT2D eigenvalue weighted by atomic mass is 15.2. The number of piperidine rings is 1. The van der Waals surface area contributed by atoms with Crippen molar-refractivity contribution in [3.05, 3.63) is 0 Å². The maximum absolute atomic E-state index is 5.69. The van der Waals surface area contributed by atoms with E-state index in [1.807, 2.05) is 0 Å². The summed E-state index contributed by atoms with van der Waals surface area (Å²) >= 11 is 0. The van der Waals surface area contributed by atoms with Crippen LogP contribution in [0.4, 0.5) is 0 Å². The summed E-state index contributed by atoms with van der Waals surface area (Å²) in [5.74, 6) is 0. The van der Waals surface area contributed by atoms with Crippen molar-refractivity contribution in [1.29, 1.82) is 0 Å². The van der Waals surface area contributed by atoms with Gasteiger partial charge in [0.1, 0.15) is 0 Å². The van der Waals surface area contributed by atoms with Gasteiger partial charge in [0.05, 0.1) is 0 Å². The first-order chi connectivity index (χ1) is 6.92. The standard InChI is InChI=1S/C12H24N2/c13-9-8-12-7-3-4-10-14(12)11-5-1-2-6-11/h11-12H,1-10,13H2. The molecule has 0 aromatic heterocycles. The second kappa shape index (κ2) is 5.13. The van der Waals surface area contributed by atoms with E-state index in [2.05, 4.69) is 4.90 Å². The molecule has 1 aliphatic heterocycles. The molecular formula is C12H24N2. The molecule has 2 aliphatic rings. The van der Waals surface area contributed by atoms with Gasteiger partial charge in [0.15, 0.2) is 0 Å². The fraction of sp³-hybridized carbons (Fsp3) is 1.00. The number of rotatable bonds is 3. The molecule has 1 saturated carbocycles. The molecule has 2 heteroatoms. The van der Waals surface area contributed by atoms with Gasteiger partial charge in [-0.3, -0.25) is 4.90 Å². The molecule has 82 valence electrons. The fourth-order valence-electron chi connectivity index (χ4n) is 3.24. The molecular weight excluding hydrogens is 172 g/mol. The predicted octanol–water partition coefficient (Wildman–Crippen LogP) is 2.13. The Morgan fingerprint density at radius 1 is 1.00 bits per heavy atom. The summed E-state index contributed by atoms with van der Waals surface area (Å²) in [6.45, 7) is 2.21. The van der Waals surface area contributed by atoms with Crippen LogP contribution >= 0.6 is 0 Å². The zero-order chi connectivity index (χ0) is 9.80. The van der Waals surface area contributed by atoms with Crippen LogP contribution in [0, 0.1) is 0 Å². The molecule has 1 saturated heterocycles. The van der Waals surface area contributed by atoms with Crippen LogP contribution in [-0.2, 0) is 0 Å². The molecule has 2 nitrogen and oxygen atoms in total. The molecule has 1 aliphatic carbocycles. The largest absolute Gasteiger partial charge is 0.330 e. The van der Waals surface area contributed by atoms with Crippen molar-refractivity contribution < 1.29 is 0 Å². The molecule has 0 aromatic carbocycles. The Morgan fingerprint density at radius 3 is 2.43 bits per heavy atom. The number of likely N-dealkylation sites (tertiary alicyclic amines) is 1. The van der Waals surface area contributed by atoms with Crippen LogP contribution in [-0.4, -0.2) is 30.1 Å². The first-order valence-corrected chi connectivity index (χ1v) is 6.37. The van der Waals surface area contributed by atoms with Gasteiger partial charge in [-0.05, 0) is 45.2 Å².